The zero-order valence-electron chi connectivity index (χ0n) is 14.9. The van der Waals surface area contributed by atoms with Crippen molar-refractivity contribution in [3.8, 4) is 17.3 Å². The van der Waals surface area contributed by atoms with Crippen molar-refractivity contribution in [2.45, 2.75) is 20.8 Å². The number of hydrogen-bond acceptors (Lipinski definition) is 4. The lowest BCUT2D eigenvalue weighted by Gasteiger charge is -2.09. The van der Waals surface area contributed by atoms with Gasteiger partial charge in [-0.1, -0.05) is 0 Å². The summed E-state index contributed by atoms with van der Waals surface area (Å²) in [7, 11) is 0. The van der Waals surface area contributed by atoms with Crippen molar-refractivity contribution in [2.75, 3.05) is 6.61 Å². The van der Waals surface area contributed by atoms with Crippen LogP contribution in [0.2, 0.25) is 0 Å². The normalized spacial score (nSPS) is 11.1. The Kier molecular flexibility index (Phi) is 5.31. The van der Waals surface area contributed by atoms with Gasteiger partial charge in [0.25, 0.3) is 0 Å². The largest absolute Gasteiger partial charge is 0.483 e. The van der Waals surface area contributed by atoms with Crippen LogP contribution in [-0.4, -0.2) is 22.8 Å². The van der Waals surface area contributed by atoms with Crippen molar-refractivity contribution in [2.24, 2.45) is 4.99 Å². The molecule has 0 unspecified atom stereocenters. The van der Waals surface area contributed by atoms with E-state index in [4.69, 9.17) is 9.47 Å². The van der Waals surface area contributed by atoms with Gasteiger partial charge in [-0.25, -0.2) is 14.1 Å². The van der Waals surface area contributed by atoms with E-state index in [1.54, 1.807) is 29.1 Å². The van der Waals surface area contributed by atoms with Gasteiger partial charge in [-0.3, -0.25) is 0 Å². The predicted molar refractivity (Wildman–Crippen MR) is 99.3 cm³/mol. The minimum atomic E-state index is -0.282. The van der Waals surface area contributed by atoms with Crippen LogP contribution in [0, 0.1) is 19.7 Å². The van der Waals surface area contributed by atoms with Crippen LogP contribution >= 0.6 is 0 Å². The molecule has 0 saturated heterocycles. The summed E-state index contributed by atoms with van der Waals surface area (Å²) in [4.78, 5) is 4.30. The number of ether oxygens (including phenoxy) is 2. The van der Waals surface area contributed by atoms with E-state index >= 15 is 0 Å². The Morgan fingerprint density at radius 1 is 1.12 bits per heavy atom. The molecule has 2 aromatic carbocycles. The smallest absolute Gasteiger partial charge is 0.238 e. The van der Waals surface area contributed by atoms with Crippen molar-refractivity contribution in [3.63, 3.8) is 0 Å². The lowest BCUT2D eigenvalue weighted by molar-refractivity contribution is 0.344. The molecule has 0 radical (unpaired) electrons. The zero-order valence-corrected chi connectivity index (χ0v) is 14.9. The van der Waals surface area contributed by atoms with E-state index in [1.807, 2.05) is 32.9 Å². The number of halogens is 1. The highest BCUT2D eigenvalue weighted by Gasteiger charge is 2.09. The highest BCUT2D eigenvalue weighted by molar-refractivity contribution is 5.61. The molecule has 3 aromatic rings. The molecule has 0 atom stereocenters. The molecule has 6 heteroatoms. The average Bonchev–Trinajstić information content (AvgIpc) is 3.08. The predicted octanol–water partition coefficient (Wildman–Crippen LogP) is 5.12. The number of hydrogen-bond donors (Lipinski definition) is 0. The van der Waals surface area contributed by atoms with Crippen LogP contribution in [0.4, 0.5) is 10.1 Å². The average molecular weight is 353 g/mol. The first-order valence-electron chi connectivity index (χ1n) is 8.31. The minimum absolute atomic E-state index is 0.282. The molecular weight excluding hydrogens is 333 g/mol. The Hall–Kier alpha value is -3.15. The molecule has 1 aromatic heterocycles. The monoisotopic (exact) mass is 353 g/mol. The molecule has 0 spiro atoms. The molecule has 0 N–H and O–H groups in total. The molecule has 0 aliphatic heterocycles. The quantitative estimate of drug-likeness (QED) is 0.457. The fourth-order valence-corrected chi connectivity index (χ4v) is 2.40. The summed E-state index contributed by atoms with van der Waals surface area (Å²) in [6.45, 7) is 6.40. The first-order valence-corrected chi connectivity index (χ1v) is 8.31. The maximum atomic E-state index is 13.0. The molecule has 0 saturated carbocycles. The van der Waals surface area contributed by atoms with Gasteiger partial charge in [-0.2, -0.15) is 0 Å². The third-order valence-electron chi connectivity index (χ3n) is 3.80. The Morgan fingerprint density at radius 2 is 1.88 bits per heavy atom. The summed E-state index contributed by atoms with van der Waals surface area (Å²) < 4.78 is 25.7. The molecule has 0 aliphatic carbocycles. The summed E-state index contributed by atoms with van der Waals surface area (Å²) in [6, 6.07) is 11.7. The highest BCUT2D eigenvalue weighted by atomic mass is 19.1. The van der Waals surface area contributed by atoms with Gasteiger partial charge >= 0.3 is 0 Å². The Balaban J connectivity index is 1.79. The Morgan fingerprint density at radius 3 is 2.62 bits per heavy atom. The van der Waals surface area contributed by atoms with Gasteiger partial charge in [0.1, 0.15) is 11.6 Å². The summed E-state index contributed by atoms with van der Waals surface area (Å²) in [5.41, 5.74) is 3.50. The van der Waals surface area contributed by atoms with Crippen molar-refractivity contribution < 1.29 is 13.9 Å². The summed E-state index contributed by atoms with van der Waals surface area (Å²) >= 11 is 0. The van der Waals surface area contributed by atoms with E-state index < -0.39 is 0 Å². The molecule has 1 heterocycles. The molecule has 3 rings (SSSR count). The summed E-state index contributed by atoms with van der Waals surface area (Å²) in [6.07, 6.45) is 3.22. The standard InChI is InChI=1S/C20H20FN3O2/c1-4-25-13-22-18-11-15(3)19(12-14(18)2)26-20-9-10-24(23-20)17-7-5-16(21)6-8-17/h5-13H,4H2,1-3H3. The second-order valence-electron chi connectivity index (χ2n) is 5.77. The molecule has 0 bridgehead atoms. The maximum absolute atomic E-state index is 13.0. The van der Waals surface area contributed by atoms with Crippen LogP contribution in [-0.2, 0) is 4.74 Å². The molecule has 0 fully saturated rings. The molecular formula is C20H20FN3O2. The fourth-order valence-electron chi connectivity index (χ4n) is 2.40. The second kappa shape index (κ2) is 7.82. The summed E-state index contributed by atoms with van der Waals surface area (Å²) in [5.74, 6) is 0.889. The third-order valence-corrected chi connectivity index (χ3v) is 3.80. The van der Waals surface area contributed by atoms with Crippen LogP contribution in [0.5, 0.6) is 11.6 Å². The number of aryl methyl sites for hydroxylation is 2. The highest BCUT2D eigenvalue weighted by Crippen LogP contribution is 2.31. The minimum Gasteiger partial charge on any atom is -0.483 e. The first kappa shape index (κ1) is 17.7. The molecule has 5 nitrogen and oxygen atoms in total. The van der Waals surface area contributed by atoms with Gasteiger partial charge in [0.05, 0.1) is 18.0 Å². The van der Waals surface area contributed by atoms with Gasteiger partial charge in [-0.15, -0.1) is 5.10 Å². The van der Waals surface area contributed by atoms with Gasteiger partial charge < -0.3 is 9.47 Å². The van der Waals surface area contributed by atoms with Gasteiger partial charge in [0, 0.05) is 12.3 Å². The van der Waals surface area contributed by atoms with Crippen LogP contribution < -0.4 is 4.74 Å². The molecule has 26 heavy (non-hydrogen) atoms. The van der Waals surface area contributed by atoms with Gasteiger partial charge in [-0.05, 0) is 68.3 Å². The number of aliphatic imine (C=N–C) groups is 1. The van der Waals surface area contributed by atoms with E-state index in [-0.39, 0.29) is 5.82 Å². The van der Waals surface area contributed by atoms with E-state index in [1.165, 1.54) is 18.5 Å². The molecule has 134 valence electrons. The van der Waals surface area contributed by atoms with Crippen LogP contribution in [0.15, 0.2) is 53.7 Å². The van der Waals surface area contributed by atoms with Crippen molar-refractivity contribution in [1.82, 2.24) is 9.78 Å². The fraction of sp³-hybridized carbons (Fsp3) is 0.200. The number of nitrogens with zero attached hydrogens (tertiary/aromatic N) is 3. The van der Waals surface area contributed by atoms with Crippen molar-refractivity contribution in [1.29, 1.82) is 0 Å². The summed E-state index contributed by atoms with van der Waals surface area (Å²) in [5, 5.41) is 4.38. The number of rotatable bonds is 6. The van der Waals surface area contributed by atoms with Crippen molar-refractivity contribution >= 4 is 12.1 Å². The molecule has 0 amide bonds. The Labute approximate surface area is 151 Å². The van der Waals surface area contributed by atoms with Crippen LogP contribution in [0.3, 0.4) is 0 Å². The van der Waals surface area contributed by atoms with Crippen LogP contribution in [0.1, 0.15) is 18.1 Å². The lowest BCUT2D eigenvalue weighted by Crippen LogP contribution is -1.96. The van der Waals surface area contributed by atoms with E-state index in [2.05, 4.69) is 10.1 Å². The SMILES string of the molecule is CCOC=Nc1cc(C)c(Oc2ccn(-c3ccc(F)cc3)n2)cc1C. The Bertz CT molecular complexity index is 917. The van der Waals surface area contributed by atoms with E-state index in [0.29, 0.717) is 18.2 Å². The number of aromatic nitrogens is 2. The number of benzene rings is 2. The van der Waals surface area contributed by atoms with Gasteiger partial charge in [0.15, 0.2) is 6.40 Å². The first-order chi connectivity index (χ1) is 12.6. The van der Waals surface area contributed by atoms with E-state index in [0.717, 1.165) is 22.5 Å². The zero-order chi connectivity index (χ0) is 18.5. The molecule has 0 aliphatic rings. The van der Waals surface area contributed by atoms with Crippen molar-refractivity contribution in [3.05, 3.63) is 65.6 Å². The van der Waals surface area contributed by atoms with Gasteiger partial charge in [0.2, 0.25) is 5.88 Å². The second-order valence-corrected chi connectivity index (χ2v) is 5.77. The lowest BCUT2D eigenvalue weighted by atomic mass is 10.1. The maximum Gasteiger partial charge on any atom is 0.238 e. The van der Waals surface area contributed by atoms with E-state index in [9.17, 15) is 4.39 Å². The van der Waals surface area contributed by atoms with Crippen LogP contribution in [0.25, 0.3) is 5.69 Å². The third kappa shape index (κ3) is 4.08. The topological polar surface area (TPSA) is 48.6 Å².